The molecule has 1 saturated carbocycles. The summed E-state index contributed by atoms with van der Waals surface area (Å²) in [5, 5.41) is 4.15. The summed E-state index contributed by atoms with van der Waals surface area (Å²) in [6.07, 6.45) is 4.99. The number of aromatic nitrogens is 2. The fraction of sp³-hybridized carbons (Fsp3) is 0.500. The van der Waals surface area contributed by atoms with E-state index in [9.17, 15) is 8.42 Å². The highest BCUT2D eigenvalue weighted by Gasteiger charge is 2.42. The van der Waals surface area contributed by atoms with Gasteiger partial charge in [0.2, 0.25) is 15.9 Å². The number of nitrogens with zero attached hydrogens (tertiary/aromatic N) is 2. The van der Waals surface area contributed by atoms with Crippen LogP contribution in [0.4, 0.5) is 0 Å². The Morgan fingerprint density at radius 2 is 1.72 bits per heavy atom. The number of nitrogens with one attached hydrogen (secondary N) is 1. The number of hydrogen-bond donors (Lipinski definition) is 1. The van der Waals surface area contributed by atoms with Crippen molar-refractivity contribution in [1.82, 2.24) is 14.9 Å². The van der Waals surface area contributed by atoms with Crippen LogP contribution in [0.2, 0.25) is 10.0 Å². The van der Waals surface area contributed by atoms with Crippen molar-refractivity contribution in [3.63, 3.8) is 0 Å². The average Bonchev–Trinajstić information content (AvgIpc) is 2.83. The Morgan fingerprint density at radius 1 is 1.12 bits per heavy atom. The van der Waals surface area contributed by atoms with E-state index in [1.165, 1.54) is 12.1 Å². The molecule has 3 rings (SSSR count). The first-order valence-electron chi connectivity index (χ1n) is 8.13. The predicted octanol–water partition coefficient (Wildman–Crippen LogP) is 4.21. The van der Waals surface area contributed by atoms with E-state index >= 15 is 0 Å². The van der Waals surface area contributed by atoms with Gasteiger partial charge in [0, 0.05) is 6.92 Å². The van der Waals surface area contributed by atoms with Crippen LogP contribution < -0.4 is 4.72 Å². The van der Waals surface area contributed by atoms with E-state index in [0.29, 0.717) is 24.6 Å². The molecule has 0 amide bonds. The molecule has 1 aliphatic carbocycles. The van der Waals surface area contributed by atoms with Crippen molar-refractivity contribution >= 4 is 33.2 Å². The first-order chi connectivity index (χ1) is 11.8. The highest BCUT2D eigenvalue weighted by molar-refractivity contribution is 7.89. The van der Waals surface area contributed by atoms with E-state index in [1.807, 2.05) is 0 Å². The molecule has 1 N–H and O–H groups in total. The molecule has 2 aromatic rings. The Bertz CT molecular complexity index is 839. The van der Waals surface area contributed by atoms with Crippen LogP contribution in [-0.4, -0.2) is 18.6 Å². The summed E-state index contributed by atoms with van der Waals surface area (Å²) in [6, 6.07) is 4.61. The fourth-order valence-corrected chi connectivity index (χ4v) is 5.81. The average molecular weight is 404 g/mol. The molecule has 0 bridgehead atoms. The van der Waals surface area contributed by atoms with Crippen molar-refractivity contribution in [2.75, 3.05) is 0 Å². The van der Waals surface area contributed by atoms with Crippen LogP contribution in [0.15, 0.2) is 27.6 Å². The molecule has 6 nitrogen and oxygen atoms in total. The fourth-order valence-electron chi connectivity index (χ4n) is 3.24. The van der Waals surface area contributed by atoms with Crippen LogP contribution >= 0.6 is 23.2 Å². The van der Waals surface area contributed by atoms with E-state index < -0.39 is 15.6 Å². The molecule has 1 aliphatic rings. The standard InChI is InChI=1S/C16H19Cl2N3O3S/c1-11-19-15(20-24-11)16(9-4-2-3-5-10-16)21-25(22,23)14-12(17)7-6-8-13(14)18/h6-8,21H,2-5,9-10H2,1H3. The van der Waals surface area contributed by atoms with Gasteiger partial charge < -0.3 is 4.52 Å². The third kappa shape index (κ3) is 3.84. The molecule has 0 spiro atoms. The highest BCUT2D eigenvalue weighted by Crippen LogP contribution is 2.38. The molecule has 1 aromatic heterocycles. The van der Waals surface area contributed by atoms with Crippen LogP contribution in [0.3, 0.4) is 0 Å². The summed E-state index contributed by atoms with van der Waals surface area (Å²) in [4.78, 5) is 4.18. The van der Waals surface area contributed by atoms with Gasteiger partial charge in [-0.1, -0.05) is 60.1 Å². The number of sulfonamides is 1. The van der Waals surface area contributed by atoms with Crippen molar-refractivity contribution in [2.24, 2.45) is 0 Å². The summed E-state index contributed by atoms with van der Waals surface area (Å²) in [6.45, 7) is 1.68. The van der Waals surface area contributed by atoms with E-state index in [4.69, 9.17) is 27.7 Å². The highest BCUT2D eigenvalue weighted by atomic mass is 35.5. The Hall–Kier alpha value is -1.15. The first-order valence-corrected chi connectivity index (χ1v) is 10.4. The second-order valence-corrected chi connectivity index (χ2v) is 8.72. The third-order valence-electron chi connectivity index (χ3n) is 4.43. The quantitative estimate of drug-likeness (QED) is 0.772. The lowest BCUT2D eigenvalue weighted by molar-refractivity contribution is 0.301. The molecule has 1 aromatic carbocycles. The molecule has 136 valence electrons. The largest absolute Gasteiger partial charge is 0.340 e. The Morgan fingerprint density at radius 3 is 2.24 bits per heavy atom. The maximum absolute atomic E-state index is 13.1. The van der Waals surface area contributed by atoms with Crippen LogP contribution in [0.1, 0.15) is 50.2 Å². The van der Waals surface area contributed by atoms with E-state index in [1.54, 1.807) is 13.0 Å². The normalized spacial score (nSPS) is 18.0. The smallest absolute Gasteiger partial charge is 0.244 e. The number of hydrogen-bond acceptors (Lipinski definition) is 5. The Balaban J connectivity index is 2.06. The number of rotatable bonds is 4. The van der Waals surface area contributed by atoms with Gasteiger partial charge in [-0.3, -0.25) is 0 Å². The van der Waals surface area contributed by atoms with Crippen LogP contribution in [0, 0.1) is 6.92 Å². The van der Waals surface area contributed by atoms with Crippen LogP contribution in [0.5, 0.6) is 0 Å². The minimum Gasteiger partial charge on any atom is -0.340 e. The van der Waals surface area contributed by atoms with Gasteiger partial charge in [-0.2, -0.15) is 9.71 Å². The van der Waals surface area contributed by atoms with Crippen molar-refractivity contribution < 1.29 is 12.9 Å². The van der Waals surface area contributed by atoms with Gasteiger partial charge in [-0.15, -0.1) is 0 Å². The van der Waals surface area contributed by atoms with Gasteiger partial charge in [0.1, 0.15) is 4.90 Å². The monoisotopic (exact) mass is 403 g/mol. The first kappa shape index (κ1) is 18.6. The van der Waals surface area contributed by atoms with E-state index in [0.717, 1.165) is 25.7 Å². The molecule has 25 heavy (non-hydrogen) atoms. The lowest BCUT2D eigenvalue weighted by Gasteiger charge is -2.30. The summed E-state index contributed by atoms with van der Waals surface area (Å²) in [7, 11) is -3.97. The SMILES string of the molecule is Cc1nc(C2(NS(=O)(=O)c3c(Cl)cccc3Cl)CCCCCC2)no1. The maximum Gasteiger partial charge on any atom is 0.244 e. The summed E-state index contributed by atoms with van der Waals surface area (Å²) in [5.41, 5.74) is -0.921. The minimum absolute atomic E-state index is 0.0769. The molecular weight excluding hydrogens is 385 g/mol. The Kier molecular flexibility index (Phi) is 5.39. The molecule has 0 aliphatic heterocycles. The minimum atomic E-state index is -3.97. The molecule has 0 atom stereocenters. The van der Waals surface area contributed by atoms with Gasteiger partial charge >= 0.3 is 0 Å². The second-order valence-electron chi connectivity index (χ2n) is 6.29. The Labute approximate surface area is 157 Å². The molecule has 1 heterocycles. The number of benzene rings is 1. The third-order valence-corrected chi connectivity index (χ3v) is 6.92. The molecule has 0 unspecified atom stereocenters. The van der Waals surface area contributed by atoms with Crippen LogP contribution in [0.25, 0.3) is 0 Å². The van der Waals surface area contributed by atoms with Gasteiger partial charge in [-0.05, 0) is 25.0 Å². The number of aryl methyl sites for hydroxylation is 1. The predicted molar refractivity (Wildman–Crippen MR) is 95.2 cm³/mol. The van der Waals surface area contributed by atoms with Crippen molar-refractivity contribution in [3.8, 4) is 0 Å². The molecular formula is C16H19Cl2N3O3S. The summed E-state index contributed by atoms with van der Waals surface area (Å²) >= 11 is 12.2. The zero-order valence-corrected chi connectivity index (χ0v) is 16.1. The summed E-state index contributed by atoms with van der Waals surface area (Å²) < 4.78 is 34.0. The van der Waals surface area contributed by atoms with Gasteiger partial charge in [-0.25, -0.2) is 8.42 Å². The van der Waals surface area contributed by atoms with Crippen molar-refractivity contribution in [1.29, 1.82) is 0 Å². The van der Waals surface area contributed by atoms with Crippen LogP contribution in [-0.2, 0) is 15.6 Å². The summed E-state index contributed by atoms with van der Waals surface area (Å²) in [5.74, 6) is 0.757. The van der Waals surface area contributed by atoms with E-state index in [2.05, 4.69) is 14.9 Å². The molecule has 9 heteroatoms. The lowest BCUT2D eigenvalue weighted by atomic mass is 9.91. The molecule has 1 fully saturated rings. The molecule has 0 saturated heterocycles. The topological polar surface area (TPSA) is 85.1 Å². The zero-order valence-electron chi connectivity index (χ0n) is 13.8. The van der Waals surface area contributed by atoms with E-state index in [-0.39, 0.29) is 14.9 Å². The number of halogens is 2. The second kappa shape index (κ2) is 7.23. The van der Waals surface area contributed by atoms with Crippen molar-refractivity contribution in [2.45, 2.75) is 55.9 Å². The van der Waals surface area contributed by atoms with Gasteiger partial charge in [0.25, 0.3) is 0 Å². The van der Waals surface area contributed by atoms with Crippen molar-refractivity contribution in [3.05, 3.63) is 40.0 Å². The maximum atomic E-state index is 13.1. The van der Waals surface area contributed by atoms with Gasteiger partial charge in [0.15, 0.2) is 5.82 Å². The van der Waals surface area contributed by atoms with Gasteiger partial charge in [0.05, 0.1) is 15.6 Å². The zero-order chi connectivity index (χ0) is 18.1. The lowest BCUT2D eigenvalue weighted by Crippen LogP contribution is -2.46. The molecule has 0 radical (unpaired) electrons.